The standard InChI is InChI=1S/C17H17F3O/c1-11-8-12(2)10-13(9-11)16(3,21)14-6-4-5-7-15(14)17(18,19)20/h4-10,21H,1-3H3. The van der Waals surface area contributed by atoms with Gasteiger partial charge in [0.2, 0.25) is 0 Å². The third-order valence-electron chi connectivity index (χ3n) is 3.54. The molecule has 0 fully saturated rings. The second kappa shape index (κ2) is 5.19. The van der Waals surface area contributed by atoms with Gasteiger partial charge < -0.3 is 5.11 Å². The molecule has 0 saturated carbocycles. The molecule has 2 aromatic carbocycles. The van der Waals surface area contributed by atoms with Gasteiger partial charge in [-0.25, -0.2) is 0 Å². The first-order chi connectivity index (χ1) is 9.62. The highest BCUT2D eigenvalue weighted by Crippen LogP contribution is 2.39. The monoisotopic (exact) mass is 294 g/mol. The topological polar surface area (TPSA) is 20.2 Å². The fourth-order valence-corrected chi connectivity index (χ4v) is 2.57. The van der Waals surface area contributed by atoms with Gasteiger partial charge in [0.05, 0.1) is 5.56 Å². The Bertz CT molecular complexity index is 637. The third kappa shape index (κ3) is 3.10. The van der Waals surface area contributed by atoms with Crippen LogP contribution in [0.4, 0.5) is 13.2 Å². The normalized spacial score (nSPS) is 14.8. The maximum Gasteiger partial charge on any atom is 0.416 e. The van der Waals surface area contributed by atoms with E-state index in [9.17, 15) is 18.3 Å². The first-order valence-corrected chi connectivity index (χ1v) is 6.60. The lowest BCUT2D eigenvalue weighted by Gasteiger charge is -2.28. The van der Waals surface area contributed by atoms with E-state index >= 15 is 0 Å². The van der Waals surface area contributed by atoms with Crippen LogP contribution < -0.4 is 0 Å². The summed E-state index contributed by atoms with van der Waals surface area (Å²) in [6, 6.07) is 10.5. The van der Waals surface area contributed by atoms with E-state index in [1.165, 1.54) is 25.1 Å². The molecule has 1 atom stereocenters. The smallest absolute Gasteiger partial charge is 0.381 e. The average Bonchev–Trinajstić information content (AvgIpc) is 2.36. The second-order valence-electron chi connectivity index (χ2n) is 5.49. The molecular formula is C17H17F3O. The summed E-state index contributed by atoms with van der Waals surface area (Å²) in [4.78, 5) is 0. The molecule has 1 unspecified atom stereocenters. The number of aryl methyl sites for hydroxylation is 2. The number of hydrogen-bond donors (Lipinski definition) is 1. The van der Waals surface area contributed by atoms with Crippen LogP contribution in [0.1, 0.15) is 34.7 Å². The first-order valence-electron chi connectivity index (χ1n) is 6.60. The Morgan fingerprint density at radius 1 is 0.857 bits per heavy atom. The van der Waals surface area contributed by atoms with Crippen LogP contribution in [-0.4, -0.2) is 5.11 Å². The summed E-state index contributed by atoms with van der Waals surface area (Å²) in [5.41, 5.74) is -0.402. The maximum absolute atomic E-state index is 13.1. The summed E-state index contributed by atoms with van der Waals surface area (Å²) in [5.74, 6) is 0. The van der Waals surface area contributed by atoms with Crippen molar-refractivity contribution >= 4 is 0 Å². The number of benzene rings is 2. The van der Waals surface area contributed by atoms with E-state index < -0.39 is 17.3 Å². The molecule has 0 saturated heterocycles. The van der Waals surface area contributed by atoms with Crippen LogP contribution in [0.25, 0.3) is 0 Å². The number of hydrogen-bond acceptors (Lipinski definition) is 1. The Morgan fingerprint density at radius 2 is 1.33 bits per heavy atom. The molecule has 0 heterocycles. The van der Waals surface area contributed by atoms with Crippen LogP contribution in [0.15, 0.2) is 42.5 Å². The number of aliphatic hydroxyl groups is 1. The molecule has 0 aromatic heterocycles. The van der Waals surface area contributed by atoms with Gasteiger partial charge in [-0.05, 0) is 38.0 Å². The van der Waals surface area contributed by atoms with Crippen molar-refractivity contribution in [3.63, 3.8) is 0 Å². The molecular weight excluding hydrogens is 277 g/mol. The van der Waals surface area contributed by atoms with Crippen molar-refractivity contribution in [3.05, 3.63) is 70.3 Å². The van der Waals surface area contributed by atoms with E-state index in [1.807, 2.05) is 19.9 Å². The lowest BCUT2D eigenvalue weighted by Crippen LogP contribution is -2.27. The Morgan fingerprint density at radius 3 is 1.81 bits per heavy atom. The fraction of sp³-hybridized carbons (Fsp3) is 0.294. The van der Waals surface area contributed by atoms with Gasteiger partial charge in [0.25, 0.3) is 0 Å². The molecule has 0 aliphatic carbocycles. The molecule has 2 aromatic rings. The second-order valence-corrected chi connectivity index (χ2v) is 5.49. The van der Waals surface area contributed by atoms with Crippen LogP contribution in [-0.2, 0) is 11.8 Å². The first kappa shape index (κ1) is 15.6. The van der Waals surface area contributed by atoms with Crippen molar-refractivity contribution in [2.24, 2.45) is 0 Å². The van der Waals surface area contributed by atoms with Crippen LogP contribution in [0.2, 0.25) is 0 Å². The highest BCUT2D eigenvalue weighted by atomic mass is 19.4. The molecule has 1 N–H and O–H groups in total. The molecule has 4 heteroatoms. The quantitative estimate of drug-likeness (QED) is 0.859. The Labute approximate surface area is 122 Å². The van der Waals surface area contributed by atoms with Gasteiger partial charge in [-0.3, -0.25) is 0 Å². The number of rotatable bonds is 2. The van der Waals surface area contributed by atoms with E-state index in [0.717, 1.165) is 17.2 Å². The van der Waals surface area contributed by atoms with Crippen LogP contribution in [0.5, 0.6) is 0 Å². The highest BCUT2D eigenvalue weighted by molar-refractivity contribution is 5.43. The van der Waals surface area contributed by atoms with Crippen LogP contribution in [0.3, 0.4) is 0 Å². The summed E-state index contributed by atoms with van der Waals surface area (Å²) in [5, 5.41) is 10.8. The molecule has 0 aliphatic rings. The molecule has 0 bridgehead atoms. The van der Waals surface area contributed by atoms with Gasteiger partial charge in [-0.15, -0.1) is 0 Å². The molecule has 21 heavy (non-hydrogen) atoms. The summed E-state index contributed by atoms with van der Waals surface area (Å²) >= 11 is 0. The van der Waals surface area contributed by atoms with E-state index in [0.29, 0.717) is 5.56 Å². The minimum atomic E-state index is -4.50. The predicted molar refractivity (Wildman–Crippen MR) is 76.0 cm³/mol. The number of alkyl halides is 3. The van der Waals surface area contributed by atoms with Gasteiger partial charge in [0, 0.05) is 0 Å². The summed E-state index contributed by atoms with van der Waals surface area (Å²) in [7, 11) is 0. The van der Waals surface area contributed by atoms with Gasteiger partial charge in [0.1, 0.15) is 5.60 Å². The van der Waals surface area contributed by atoms with Gasteiger partial charge in [-0.1, -0.05) is 47.5 Å². The summed E-state index contributed by atoms with van der Waals surface area (Å²) < 4.78 is 39.4. The van der Waals surface area contributed by atoms with Gasteiger partial charge in [0.15, 0.2) is 0 Å². The van der Waals surface area contributed by atoms with E-state index in [2.05, 4.69) is 0 Å². The fourth-order valence-electron chi connectivity index (χ4n) is 2.57. The van der Waals surface area contributed by atoms with E-state index in [-0.39, 0.29) is 5.56 Å². The van der Waals surface area contributed by atoms with Crippen LogP contribution >= 0.6 is 0 Å². The molecule has 0 spiro atoms. The van der Waals surface area contributed by atoms with Crippen molar-refractivity contribution in [2.45, 2.75) is 32.5 Å². The van der Waals surface area contributed by atoms with Crippen molar-refractivity contribution in [1.82, 2.24) is 0 Å². The molecule has 112 valence electrons. The zero-order valence-corrected chi connectivity index (χ0v) is 12.1. The van der Waals surface area contributed by atoms with Crippen molar-refractivity contribution in [1.29, 1.82) is 0 Å². The molecule has 1 nitrogen and oxygen atoms in total. The zero-order valence-electron chi connectivity index (χ0n) is 12.1. The van der Waals surface area contributed by atoms with Crippen LogP contribution in [0, 0.1) is 13.8 Å². The van der Waals surface area contributed by atoms with E-state index in [4.69, 9.17) is 0 Å². The number of halogens is 3. The maximum atomic E-state index is 13.1. The molecule has 0 aliphatic heterocycles. The Balaban J connectivity index is 2.64. The Hall–Kier alpha value is -1.81. The predicted octanol–water partition coefficient (Wildman–Crippen LogP) is 4.58. The van der Waals surface area contributed by atoms with Gasteiger partial charge in [-0.2, -0.15) is 13.2 Å². The van der Waals surface area contributed by atoms with Crippen molar-refractivity contribution in [3.8, 4) is 0 Å². The highest BCUT2D eigenvalue weighted by Gasteiger charge is 2.39. The summed E-state index contributed by atoms with van der Waals surface area (Å²) in [6.45, 7) is 5.09. The average molecular weight is 294 g/mol. The lowest BCUT2D eigenvalue weighted by atomic mass is 9.84. The molecule has 0 radical (unpaired) electrons. The molecule has 2 rings (SSSR count). The summed E-state index contributed by atoms with van der Waals surface area (Å²) in [6.07, 6.45) is -4.50. The van der Waals surface area contributed by atoms with Crippen molar-refractivity contribution in [2.75, 3.05) is 0 Å². The lowest BCUT2D eigenvalue weighted by molar-refractivity contribution is -0.139. The largest absolute Gasteiger partial charge is 0.416 e. The Kier molecular flexibility index (Phi) is 3.85. The van der Waals surface area contributed by atoms with Crippen molar-refractivity contribution < 1.29 is 18.3 Å². The minimum Gasteiger partial charge on any atom is -0.381 e. The van der Waals surface area contributed by atoms with E-state index in [1.54, 1.807) is 12.1 Å². The zero-order chi connectivity index (χ0) is 15.8. The molecule has 0 amide bonds. The SMILES string of the molecule is Cc1cc(C)cc(C(C)(O)c2ccccc2C(F)(F)F)c1. The third-order valence-corrected chi connectivity index (χ3v) is 3.54. The minimum absolute atomic E-state index is 0.137. The van der Waals surface area contributed by atoms with Gasteiger partial charge >= 0.3 is 6.18 Å².